The van der Waals surface area contributed by atoms with Crippen LogP contribution in [0.2, 0.25) is 10.0 Å². The van der Waals surface area contributed by atoms with Crippen LogP contribution in [-0.2, 0) is 26.2 Å². The summed E-state index contributed by atoms with van der Waals surface area (Å²) in [6, 6.07) is 16.5. The molecule has 226 valence electrons. The summed E-state index contributed by atoms with van der Waals surface area (Å²) in [6.07, 6.45) is 0. The fourth-order valence-corrected chi connectivity index (χ4v) is 6.24. The molecule has 0 aliphatic heterocycles. The second-order valence-corrected chi connectivity index (χ2v) is 14.1. The Bertz CT molecular complexity index is 1490. The van der Waals surface area contributed by atoms with Crippen molar-refractivity contribution in [3.05, 3.63) is 86.8 Å². The normalized spacial score (nSPS) is 12.4. The zero-order valence-electron chi connectivity index (χ0n) is 24.0. The summed E-state index contributed by atoms with van der Waals surface area (Å²) in [4.78, 5) is 28.6. The lowest BCUT2D eigenvalue weighted by Crippen LogP contribution is -2.54. The lowest BCUT2D eigenvalue weighted by Gasteiger charge is -2.33. The quantitative estimate of drug-likeness (QED) is 0.241. The van der Waals surface area contributed by atoms with Crippen LogP contribution in [-0.4, -0.2) is 49.9 Å². The van der Waals surface area contributed by atoms with Gasteiger partial charge in [0.15, 0.2) is 0 Å². The molecule has 0 saturated heterocycles. The smallest absolute Gasteiger partial charge is 0.264 e. The molecule has 0 aliphatic rings. The molecule has 2 amide bonds. The molecule has 8 nitrogen and oxygen atoms in total. The summed E-state index contributed by atoms with van der Waals surface area (Å²) in [5, 5.41) is 3.51. The van der Waals surface area contributed by atoms with Gasteiger partial charge in [-0.1, -0.05) is 45.2 Å². The van der Waals surface area contributed by atoms with Gasteiger partial charge in [0.1, 0.15) is 18.3 Å². The van der Waals surface area contributed by atoms with E-state index in [2.05, 4.69) is 21.2 Å². The molecule has 3 rings (SSSR count). The van der Waals surface area contributed by atoms with Gasteiger partial charge in [0.25, 0.3) is 10.0 Å². The van der Waals surface area contributed by atoms with Crippen LogP contribution >= 0.6 is 39.1 Å². The van der Waals surface area contributed by atoms with Gasteiger partial charge in [0.2, 0.25) is 11.8 Å². The van der Waals surface area contributed by atoms with Gasteiger partial charge in [-0.05, 0) is 95.3 Å². The predicted octanol–water partition coefficient (Wildman–Crippen LogP) is 6.68. The molecule has 0 bridgehead atoms. The standard InChI is InChI=1S/C30H34BrCl2N3O5S/c1-6-41-23-14-12-22(13-15-23)36(42(39,40)24-16-10-21(31)11-17-24)19-28(37)35(20(2)29(38)34-30(3,4)5)18-25-26(32)8-7-9-27(25)33/h7-17,20H,6,18-19H2,1-5H3,(H,34,38)/t20-/m1/s1. The minimum Gasteiger partial charge on any atom is -0.494 e. The van der Waals surface area contributed by atoms with Crippen molar-refractivity contribution < 1.29 is 22.7 Å². The lowest BCUT2D eigenvalue weighted by molar-refractivity contribution is -0.140. The van der Waals surface area contributed by atoms with E-state index in [0.717, 1.165) is 4.31 Å². The Labute approximate surface area is 266 Å². The van der Waals surface area contributed by atoms with Crippen LogP contribution in [0.5, 0.6) is 5.75 Å². The number of rotatable bonds is 11. The number of amides is 2. The van der Waals surface area contributed by atoms with E-state index in [-0.39, 0.29) is 17.1 Å². The summed E-state index contributed by atoms with van der Waals surface area (Å²) < 4.78 is 35.1. The average Bonchev–Trinajstić information content (AvgIpc) is 2.91. The number of nitrogens with zero attached hydrogens (tertiary/aromatic N) is 2. The number of carbonyl (C=O) groups excluding carboxylic acids is 2. The molecule has 1 N–H and O–H groups in total. The van der Waals surface area contributed by atoms with Crippen molar-refractivity contribution in [3.8, 4) is 5.75 Å². The number of hydrogen-bond acceptors (Lipinski definition) is 5. The van der Waals surface area contributed by atoms with Crippen LogP contribution in [0, 0.1) is 0 Å². The van der Waals surface area contributed by atoms with Gasteiger partial charge in [-0.25, -0.2) is 8.42 Å². The third-order valence-electron chi connectivity index (χ3n) is 6.17. The Morgan fingerprint density at radius 3 is 2.07 bits per heavy atom. The zero-order chi connectivity index (χ0) is 31.2. The summed E-state index contributed by atoms with van der Waals surface area (Å²) in [5.41, 5.74) is 0.117. The third-order valence-corrected chi connectivity index (χ3v) is 9.20. The Balaban J connectivity index is 2.08. The first kappa shape index (κ1) is 33.7. The monoisotopic (exact) mass is 697 g/mol. The molecule has 0 aromatic heterocycles. The number of anilines is 1. The van der Waals surface area contributed by atoms with Crippen molar-refractivity contribution in [2.75, 3.05) is 17.5 Å². The Kier molecular flexibility index (Phi) is 11.3. The van der Waals surface area contributed by atoms with E-state index in [9.17, 15) is 18.0 Å². The van der Waals surface area contributed by atoms with E-state index in [1.165, 1.54) is 17.0 Å². The molecule has 0 aliphatic carbocycles. The highest BCUT2D eigenvalue weighted by molar-refractivity contribution is 9.10. The van der Waals surface area contributed by atoms with E-state index >= 15 is 0 Å². The molecule has 0 spiro atoms. The lowest BCUT2D eigenvalue weighted by atomic mass is 10.1. The summed E-state index contributed by atoms with van der Waals surface area (Å²) in [7, 11) is -4.22. The molecule has 42 heavy (non-hydrogen) atoms. The van der Waals surface area contributed by atoms with Crippen LogP contribution in [0.4, 0.5) is 5.69 Å². The van der Waals surface area contributed by atoms with Crippen LogP contribution in [0.25, 0.3) is 0 Å². The molecule has 0 unspecified atom stereocenters. The average molecular weight is 699 g/mol. The van der Waals surface area contributed by atoms with Crippen LogP contribution < -0.4 is 14.4 Å². The number of halogens is 3. The number of hydrogen-bond donors (Lipinski definition) is 1. The fourth-order valence-electron chi connectivity index (χ4n) is 4.05. The second kappa shape index (κ2) is 14.1. The highest BCUT2D eigenvalue weighted by atomic mass is 79.9. The van der Waals surface area contributed by atoms with Crippen molar-refractivity contribution >= 4 is 66.7 Å². The van der Waals surface area contributed by atoms with E-state index in [0.29, 0.717) is 32.4 Å². The van der Waals surface area contributed by atoms with Crippen molar-refractivity contribution in [1.29, 1.82) is 0 Å². The number of carbonyl (C=O) groups is 2. The highest BCUT2D eigenvalue weighted by Crippen LogP contribution is 2.29. The first-order valence-electron chi connectivity index (χ1n) is 13.2. The summed E-state index contributed by atoms with van der Waals surface area (Å²) in [5.74, 6) is -0.490. The molecule has 12 heteroatoms. The third kappa shape index (κ3) is 8.63. The first-order chi connectivity index (χ1) is 19.6. The van der Waals surface area contributed by atoms with E-state index in [1.54, 1.807) is 61.5 Å². The maximum Gasteiger partial charge on any atom is 0.264 e. The highest BCUT2D eigenvalue weighted by Gasteiger charge is 2.34. The van der Waals surface area contributed by atoms with E-state index in [1.807, 2.05) is 27.7 Å². The van der Waals surface area contributed by atoms with Crippen molar-refractivity contribution in [2.45, 2.75) is 57.6 Å². The minimum atomic E-state index is -4.22. The number of benzene rings is 3. The molecule has 0 fully saturated rings. The van der Waals surface area contributed by atoms with Crippen LogP contribution in [0.3, 0.4) is 0 Å². The Morgan fingerprint density at radius 1 is 0.976 bits per heavy atom. The minimum absolute atomic E-state index is 0.00777. The fraction of sp³-hybridized carbons (Fsp3) is 0.333. The first-order valence-corrected chi connectivity index (χ1v) is 16.2. The molecule has 0 radical (unpaired) electrons. The zero-order valence-corrected chi connectivity index (χ0v) is 27.9. The number of ether oxygens (including phenoxy) is 1. The summed E-state index contributed by atoms with van der Waals surface area (Å²) >= 11 is 16.2. The van der Waals surface area contributed by atoms with Crippen molar-refractivity contribution in [3.63, 3.8) is 0 Å². The molecule has 0 saturated carbocycles. The SMILES string of the molecule is CCOc1ccc(N(CC(=O)N(Cc2c(Cl)cccc2Cl)[C@H](C)C(=O)NC(C)(C)C)S(=O)(=O)c2ccc(Br)cc2)cc1. The topological polar surface area (TPSA) is 96.0 Å². The van der Waals surface area contributed by atoms with Gasteiger partial charge in [-0.3, -0.25) is 13.9 Å². The van der Waals surface area contributed by atoms with E-state index in [4.69, 9.17) is 27.9 Å². The molecule has 3 aromatic rings. The van der Waals surface area contributed by atoms with Crippen molar-refractivity contribution in [1.82, 2.24) is 10.2 Å². The summed E-state index contributed by atoms with van der Waals surface area (Å²) in [6.45, 7) is 8.62. The predicted molar refractivity (Wildman–Crippen MR) is 171 cm³/mol. The van der Waals surface area contributed by atoms with Crippen molar-refractivity contribution in [2.24, 2.45) is 0 Å². The van der Waals surface area contributed by atoms with Crippen LogP contribution in [0.1, 0.15) is 40.2 Å². The maximum atomic E-state index is 14.1. The van der Waals surface area contributed by atoms with Gasteiger partial charge >= 0.3 is 0 Å². The van der Waals surface area contributed by atoms with Gasteiger partial charge in [-0.2, -0.15) is 0 Å². The van der Waals surface area contributed by atoms with E-state index < -0.39 is 40.0 Å². The molecule has 0 heterocycles. The molecular formula is C30H34BrCl2N3O5S. The van der Waals surface area contributed by atoms with Gasteiger partial charge in [0, 0.05) is 32.2 Å². The number of sulfonamides is 1. The molecule has 3 aromatic carbocycles. The Hall–Kier alpha value is -2.79. The van der Waals surface area contributed by atoms with Gasteiger partial charge in [-0.15, -0.1) is 0 Å². The van der Waals surface area contributed by atoms with Gasteiger partial charge in [0.05, 0.1) is 17.2 Å². The number of nitrogens with one attached hydrogen (secondary N) is 1. The van der Waals surface area contributed by atoms with Crippen LogP contribution in [0.15, 0.2) is 76.1 Å². The molecular weight excluding hydrogens is 665 g/mol. The largest absolute Gasteiger partial charge is 0.494 e. The Morgan fingerprint density at radius 2 is 1.55 bits per heavy atom. The second-order valence-electron chi connectivity index (χ2n) is 10.5. The maximum absolute atomic E-state index is 14.1. The molecule has 1 atom stereocenters. The van der Waals surface area contributed by atoms with Gasteiger partial charge < -0.3 is 15.0 Å².